The summed E-state index contributed by atoms with van der Waals surface area (Å²) in [6.45, 7) is 1.07. The number of carbonyl (C=O) groups is 3. The van der Waals surface area contributed by atoms with Crippen LogP contribution in [0.25, 0.3) is 0 Å². The first-order valence-corrected chi connectivity index (χ1v) is 4.89. The monoisotopic (exact) mass is 230 g/mol. The summed E-state index contributed by atoms with van der Waals surface area (Å²) in [7, 11) is 1.35. The summed E-state index contributed by atoms with van der Waals surface area (Å²) in [6, 6.07) is 0. The average Bonchev–Trinajstić information content (AvgIpc) is 2.25. The zero-order valence-corrected chi connectivity index (χ0v) is 9.13. The molecule has 1 rings (SSSR count). The molecule has 0 amide bonds. The summed E-state index contributed by atoms with van der Waals surface area (Å²) >= 11 is 0. The van der Waals surface area contributed by atoms with Gasteiger partial charge in [0.15, 0.2) is 0 Å². The minimum atomic E-state index is -1.41. The summed E-state index contributed by atoms with van der Waals surface area (Å²) in [4.78, 5) is 33.4. The highest BCUT2D eigenvalue weighted by atomic mass is 16.5. The van der Waals surface area contributed by atoms with Gasteiger partial charge in [-0.2, -0.15) is 0 Å². The number of hydrogen-bond acceptors (Lipinski definition) is 6. The van der Waals surface area contributed by atoms with E-state index in [1.807, 2.05) is 0 Å². The summed E-state index contributed by atoms with van der Waals surface area (Å²) in [5.74, 6) is -2.82. The average molecular weight is 230 g/mol. The highest BCUT2D eigenvalue weighted by Gasteiger charge is 2.42. The van der Waals surface area contributed by atoms with E-state index in [1.54, 1.807) is 0 Å². The van der Waals surface area contributed by atoms with Gasteiger partial charge in [0, 0.05) is 14.0 Å². The molecule has 0 bridgehead atoms. The standard InChI is InChI=1S/C10H14O6/c1-5(11)16-4-6-3-7(15-2)9(13)10(14)8(6)12/h6-7,9,13H,3-4H2,1-2H3/t6?,7-,9+/m1/s1. The van der Waals surface area contributed by atoms with Gasteiger partial charge in [0.1, 0.15) is 12.7 Å². The third kappa shape index (κ3) is 2.65. The molecule has 1 aliphatic rings. The van der Waals surface area contributed by atoms with Crippen molar-refractivity contribution in [2.24, 2.45) is 5.92 Å². The van der Waals surface area contributed by atoms with Gasteiger partial charge in [-0.25, -0.2) is 0 Å². The molecule has 0 aromatic carbocycles. The summed E-state index contributed by atoms with van der Waals surface area (Å²) in [6.07, 6.45) is -1.95. The molecule has 0 aliphatic heterocycles. The smallest absolute Gasteiger partial charge is 0.302 e. The molecule has 3 atom stereocenters. The normalized spacial score (nSPS) is 30.3. The second-order valence-corrected chi connectivity index (χ2v) is 3.68. The van der Waals surface area contributed by atoms with Crippen molar-refractivity contribution >= 4 is 17.5 Å². The van der Waals surface area contributed by atoms with Gasteiger partial charge in [0.25, 0.3) is 0 Å². The molecule has 90 valence electrons. The number of Topliss-reactive ketones (excluding diaryl/α,β-unsaturated/α-hetero) is 2. The van der Waals surface area contributed by atoms with Crippen LogP contribution in [0.15, 0.2) is 0 Å². The number of ether oxygens (including phenoxy) is 2. The van der Waals surface area contributed by atoms with E-state index < -0.39 is 35.7 Å². The van der Waals surface area contributed by atoms with Crippen LogP contribution in [0.4, 0.5) is 0 Å². The predicted molar refractivity (Wildman–Crippen MR) is 51.6 cm³/mol. The van der Waals surface area contributed by atoms with Crippen molar-refractivity contribution in [1.29, 1.82) is 0 Å². The second-order valence-electron chi connectivity index (χ2n) is 3.68. The Morgan fingerprint density at radius 1 is 1.44 bits per heavy atom. The lowest BCUT2D eigenvalue weighted by Gasteiger charge is -2.29. The molecule has 0 heterocycles. The van der Waals surface area contributed by atoms with Gasteiger partial charge < -0.3 is 14.6 Å². The Labute approximate surface area is 92.5 Å². The molecule has 6 heteroatoms. The molecule has 0 radical (unpaired) electrons. The number of esters is 1. The van der Waals surface area contributed by atoms with Crippen molar-refractivity contribution < 1.29 is 29.0 Å². The number of aliphatic hydroxyl groups excluding tert-OH is 1. The number of methoxy groups -OCH3 is 1. The van der Waals surface area contributed by atoms with Crippen molar-refractivity contribution in [3.05, 3.63) is 0 Å². The SMILES string of the molecule is CO[C@@H]1CC(COC(C)=O)C(=O)C(=O)[C@H]1O. The minimum absolute atomic E-state index is 0.146. The summed E-state index contributed by atoms with van der Waals surface area (Å²) in [5, 5.41) is 9.40. The Bertz CT molecular complexity index is 310. The number of hydrogen-bond donors (Lipinski definition) is 1. The van der Waals surface area contributed by atoms with E-state index in [4.69, 9.17) is 4.74 Å². The van der Waals surface area contributed by atoms with Crippen molar-refractivity contribution in [3.63, 3.8) is 0 Å². The van der Waals surface area contributed by atoms with Crippen LogP contribution in [-0.2, 0) is 23.9 Å². The number of ketones is 2. The zero-order valence-electron chi connectivity index (χ0n) is 9.13. The fourth-order valence-electron chi connectivity index (χ4n) is 1.62. The van der Waals surface area contributed by atoms with Gasteiger partial charge in [-0.3, -0.25) is 14.4 Å². The van der Waals surface area contributed by atoms with Crippen molar-refractivity contribution in [2.45, 2.75) is 25.6 Å². The Balaban J connectivity index is 2.67. The highest BCUT2D eigenvalue weighted by Crippen LogP contribution is 2.22. The van der Waals surface area contributed by atoms with Crippen LogP contribution < -0.4 is 0 Å². The van der Waals surface area contributed by atoms with Crippen LogP contribution in [0, 0.1) is 5.92 Å². The van der Waals surface area contributed by atoms with Crippen molar-refractivity contribution in [1.82, 2.24) is 0 Å². The van der Waals surface area contributed by atoms with E-state index in [0.29, 0.717) is 0 Å². The van der Waals surface area contributed by atoms with Crippen molar-refractivity contribution in [3.8, 4) is 0 Å². The Morgan fingerprint density at radius 2 is 2.06 bits per heavy atom. The van der Waals surface area contributed by atoms with Crippen LogP contribution in [-0.4, -0.2) is 48.6 Å². The molecular formula is C10H14O6. The van der Waals surface area contributed by atoms with E-state index in [1.165, 1.54) is 14.0 Å². The van der Waals surface area contributed by atoms with Crippen LogP contribution in [0.2, 0.25) is 0 Å². The maximum Gasteiger partial charge on any atom is 0.302 e. The molecule has 6 nitrogen and oxygen atoms in total. The molecular weight excluding hydrogens is 216 g/mol. The van der Waals surface area contributed by atoms with Gasteiger partial charge in [0.2, 0.25) is 11.6 Å². The zero-order chi connectivity index (χ0) is 12.3. The van der Waals surface area contributed by atoms with Gasteiger partial charge in [-0.15, -0.1) is 0 Å². The van der Waals surface area contributed by atoms with E-state index in [2.05, 4.69) is 4.74 Å². The van der Waals surface area contributed by atoms with Gasteiger partial charge in [-0.1, -0.05) is 0 Å². The van der Waals surface area contributed by atoms with Crippen LogP contribution in [0.3, 0.4) is 0 Å². The summed E-state index contributed by atoms with van der Waals surface area (Å²) in [5.41, 5.74) is 0. The number of aliphatic hydroxyl groups is 1. The molecule has 0 aromatic heterocycles. The first-order chi connectivity index (χ1) is 7.47. The topological polar surface area (TPSA) is 89.9 Å². The first kappa shape index (κ1) is 12.8. The van der Waals surface area contributed by atoms with Gasteiger partial charge in [0.05, 0.1) is 12.0 Å². The maximum absolute atomic E-state index is 11.5. The largest absolute Gasteiger partial charge is 0.465 e. The Kier molecular flexibility index (Phi) is 4.14. The Hall–Kier alpha value is -1.27. The van der Waals surface area contributed by atoms with Gasteiger partial charge >= 0.3 is 5.97 Å². The van der Waals surface area contributed by atoms with E-state index in [9.17, 15) is 19.5 Å². The fourth-order valence-corrected chi connectivity index (χ4v) is 1.62. The fraction of sp³-hybridized carbons (Fsp3) is 0.700. The van der Waals surface area contributed by atoms with E-state index >= 15 is 0 Å². The molecule has 1 fully saturated rings. The van der Waals surface area contributed by atoms with E-state index in [-0.39, 0.29) is 13.0 Å². The molecule has 1 N–H and O–H groups in total. The highest BCUT2D eigenvalue weighted by molar-refractivity contribution is 6.40. The summed E-state index contributed by atoms with van der Waals surface area (Å²) < 4.78 is 9.57. The molecule has 1 aliphatic carbocycles. The Morgan fingerprint density at radius 3 is 2.56 bits per heavy atom. The van der Waals surface area contributed by atoms with Crippen LogP contribution in [0.1, 0.15) is 13.3 Å². The second kappa shape index (κ2) is 5.18. The predicted octanol–water partition coefficient (Wildman–Crippen LogP) is -0.917. The van der Waals surface area contributed by atoms with Crippen LogP contribution in [0.5, 0.6) is 0 Å². The number of rotatable bonds is 3. The maximum atomic E-state index is 11.5. The third-order valence-electron chi connectivity index (χ3n) is 2.54. The molecule has 16 heavy (non-hydrogen) atoms. The molecule has 0 spiro atoms. The molecule has 1 unspecified atom stereocenters. The van der Waals surface area contributed by atoms with Crippen molar-refractivity contribution in [2.75, 3.05) is 13.7 Å². The minimum Gasteiger partial charge on any atom is -0.465 e. The lowest BCUT2D eigenvalue weighted by Crippen LogP contribution is -2.49. The lowest BCUT2D eigenvalue weighted by atomic mass is 9.83. The quantitative estimate of drug-likeness (QED) is 0.498. The van der Waals surface area contributed by atoms with Crippen LogP contribution >= 0.6 is 0 Å². The molecule has 0 aromatic rings. The van der Waals surface area contributed by atoms with Gasteiger partial charge in [-0.05, 0) is 6.42 Å². The first-order valence-electron chi connectivity index (χ1n) is 4.89. The molecule has 1 saturated carbocycles. The number of carbonyl (C=O) groups excluding carboxylic acids is 3. The lowest BCUT2D eigenvalue weighted by molar-refractivity contribution is -0.159. The van der Waals surface area contributed by atoms with E-state index in [0.717, 1.165) is 0 Å². The molecule has 0 saturated heterocycles. The third-order valence-corrected chi connectivity index (χ3v) is 2.54.